The van der Waals surface area contributed by atoms with Crippen LogP contribution >= 0.6 is 0 Å². The molecule has 0 aromatic carbocycles. The highest BCUT2D eigenvalue weighted by Crippen LogP contribution is 2.20. The maximum Gasteiger partial charge on any atom is 0.257 e. The quantitative estimate of drug-likeness (QED) is 0.846. The van der Waals surface area contributed by atoms with Crippen LogP contribution in [0.3, 0.4) is 0 Å². The first kappa shape index (κ1) is 13.8. The van der Waals surface area contributed by atoms with Gasteiger partial charge in [-0.05, 0) is 19.8 Å². The second-order valence-electron chi connectivity index (χ2n) is 5.69. The fourth-order valence-electron chi connectivity index (χ4n) is 2.58. The highest BCUT2D eigenvalue weighted by Gasteiger charge is 2.30. The number of hydrogen-bond acceptors (Lipinski definition) is 4. The number of carbonyl (C=O) groups excluding carboxylic acids is 1. The van der Waals surface area contributed by atoms with Gasteiger partial charge in [-0.1, -0.05) is 0 Å². The standard InChI is InChI=1S/C14H18N4O3/c1-14(3-5-21-6-4-14)17-13(20)10-7-15-12-9(11(10)19)8-16-18(12)2/h7-8H,3-6H2,1-2H3,(H,15,19)(H,17,20). The van der Waals surface area contributed by atoms with E-state index in [1.54, 1.807) is 11.7 Å². The lowest BCUT2D eigenvalue weighted by atomic mass is 9.92. The lowest BCUT2D eigenvalue weighted by molar-refractivity contribution is 0.0422. The van der Waals surface area contributed by atoms with Gasteiger partial charge in [0.25, 0.3) is 5.91 Å². The summed E-state index contributed by atoms with van der Waals surface area (Å²) in [6.45, 7) is 3.22. The molecular formula is C14H18N4O3. The van der Waals surface area contributed by atoms with Crippen molar-refractivity contribution in [1.29, 1.82) is 0 Å². The summed E-state index contributed by atoms with van der Waals surface area (Å²) >= 11 is 0. The summed E-state index contributed by atoms with van der Waals surface area (Å²) in [5.74, 6) is -0.355. The molecule has 3 heterocycles. The van der Waals surface area contributed by atoms with Crippen molar-refractivity contribution in [1.82, 2.24) is 20.1 Å². The molecule has 1 aliphatic rings. The van der Waals surface area contributed by atoms with Crippen LogP contribution in [0.1, 0.15) is 30.1 Å². The van der Waals surface area contributed by atoms with Crippen molar-refractivity contribution in [3.63, 3.8) is 0 Å². The monoisotopic (exact) mass is 290 g/mol. The number of rotatable bonds is 2. The second-order valence-corrected chi connectivity index (χ2v) is 5.69. The van der Waals surface area contributed by atoms with Gasteiger partial charge in [-0.15, -0.1) is 0 Å². The average Bonchev–Trinajstić information content (AvgIpc) is 2.82. The van der Waals surface area contributed by atoms with Crippen LogP contribution in [0.5, 0.6) is 0 Å². The topological polar surface area (TPSA) is 89.0 Å². The van der Waals surface area contributed by atoms with Crippen LogP contribution in [-0.4, -0.2) is 39.4 Å². The molecule has 0 spiro atoms. The van der Waals surface area contributed by atoms with E-state index in [2.05, 4.69) is 15.4 Å². The molecule has 7 heteroatoms. The number of hydrogen-bond donors (Lipinski definition) is 2. The van der Waals surface area contributed by atoms with Crippen LogP contribution in [0.2, 0.25) is 0 Å². The van der Waals surface area contributed by atoms with E-state index in [4.69, 9.17) is 4.74 Å². The minimum absolute atomic E-state index is 0.114. The van der Waals surface area contributed by atoms with Crippen LogP contribution < -0.4 is 10.7 Å². The second kappa shape index (κ2) is 5.00. The molecule has 21 heavy (non-hydrogen) atoms. The molecule has 2 aromatic heterocycles. The zero-order chi connectivity index (χ0) is 15.0. The van der Waals surface area contributed by atoms with Crippen LogP contribution in [0.15, 0.2) is 17.2 Å². The number of pyridine rings is 1. The highest BCUT2D eigenvalue weighted by atomic mass is 16.5. The van der Waals surface area contributed by atoms with Gasteiger partial charge in [0.15, 0.2) is 0 Å². The first-order valence-corrected chi connectivity index (χ1v) is 6.94. The summed E-state index contributed by atoms with van der Waals surface area (Å²) in [6, 6.07) is 0. The van der Waals surface area contributed by atoms with Gasteiger partial charge in [-0.2, -0.15) is 5.10 Å². The Kier molecular flexibility index (Phi) is 3.29. The van der Waals surface area contributed by atoms with Crippen LogP contribution in [0.25, 0.3) is 11.0 Å². The van der Waals surface area contributed by atoms with Crippen molar-refractivity contribution < 1.29 is 9.53 Å². The molecule has 0 bridgehead atoms. The number of fused-ring (bicyclic) bond motifs is 1. The minimum Gasteiger partial charge on any atom is -0.381 e. The number of nitrogens with zero attached hydrogens (tertiary/aromatic N) is 2. The van der Waals surface area contributed by atoms with Gasteiger partial charge in [0.1, 0.15) is 11.2 Å². The molecule has 1 amide bonds. The lowest BCUT2D eigenvalue weighted by Gasteiger charge is -2.34. The van der Waals surface area contributed by atoms with Gasteiger partial charge >= 0.3 is 0 Å². The Morgan fingerprint density at radius 2 is 2.19 bits per heavy atom. The van der Waals surface area contributed by atoms with Gasteiger partial charge in [-0.25, -0.2) is 0 Å². The smallest absolute Gasteiger partial charge is 0.257 e. The number of carbonyl (C=O) groups is 1. The Morgan fingerprint density at radius 1 is 1.48 bits per heavy atom. The number of aryl methyl sites for hydroxylation is 1. The van der Waals surface area contributed by atoms with E-state index >= 15 is 0 Å². The molecule has 1 fully saturated rings. The number of amides is 1. The van der Waals surface area contributed by atoms with Gasteiger partial charge in [0.05, 0.1) is 11.6 Å². The van der Waals surface area contributed by atoms with E-state index in [0.29, 0.717) is 24.2 Å². The molecular weight excluding hydrogens is 272 g/mol. The maximum absolute atomic E-state index is 12.4. The molecule has 3 rings (SSSR count). The lowest BCUT2D eigenvalue weighted by Crippen LogP contribution is -2.50. The molecule has 2 N–H and O–H groups in total. The molecule has 0 aliphatic carbocycles. The largest absolute Gasteiger partial charge is 0.381 e. The zero-order valence-electron chi connectivity index (χ0n) is 12.1. The summed E-state index contributed by atoms with van der Waals surface area (Å²) in [5, 5.41) is 7.40. The van der Waals surface area contributed by atoms with Crippen LogP contribution in [0.4, 0.5) is 0 Å². The Morgan fingerprint density at radius 3 is 2.90 bits per heavy atom. The first-order chi connectivity index (χ1) is 10.0. The number of aromatic amines is 1. The Hall–Kier alpha value is -2.15. The third-order valence-electron chi connectivity index (χ3n) is 4.04. The van der Waals surface area contributed by atoms with E-state index in [9.17, 15) is 9.59 Å². The van der Waals surface area contributed by atoms with E-state index in [1.165, 1.54) is 12.4 Å². The van der Waals surface area contributed by atoms with Crippen molar-refractivity contribution >= 4 is 16.9 Å². The van der Waals surface area contributed by atoms with Crippen LogP contribution in [0, 0.1) is 0 Å². The third kappa shape index (κ3) is 2.44. The van der Waals surface area contributed by atoms with Gasteiger partial charge in [0.2, 0.25) is 5.43 Å². The fourth-order valence-corrected chi connectivity index (χ4v) is 2.58. The van der Waals surface area contributed by atoms with E-state index in [-0.39, 0.29) is 22.4 Å². The number of ether oxygens (including phenoxy) is 1. The number of aromatic nitrogens is 3. The van der Waals surface area contributed by atoms with Crippen molar-refractivity contribution in [3.8, 4) is 0 Å². The maximum atomic E-state index is 12.4. The van der Waals surface area contributed by atoms with Crippen LogP contribution in [-0.2, 0) is 11.8 Å². The molecule has 0 saturated carbocycles. The molecule has 1 aliphatic heterocycles. The first-order valence-electron chi connectivity index (χ1n) is 6.94. The zero-order valence-corrected chi connectivity index (χ0v) is 12.1. The summed E-state index contributed by atoms with van der Waals surface area (Å²) in [6.07, 6.45) is 4.41. The SMILES string of the molecule is Cn1ncc2c(=O)c(C(=O)NC3(C)CCOCC3)c[nH]c21. The molecule has 2 aromatic rings. The molecule has 0 radical (unpaired) electrons. The highest BCUT2D eigenvalue weighted by molar-refractivity contribution is 5.97. The Labute approximate surface area is 121 Å². The summed E-state index contributed by atoms with van der Waals surface area (Å²) in [5.41, 5.74) is 0.0909. The molecule has 1 saturated heterocycles. The Balaban J connectivity index is 1.91. The predicted molar refractivity (Wildman–Crippen MR) is 77.3 cm³/mol. The normalized spacial score (nSPS) is 17.8. The Bertz CT molecular complexity index is 740. The van der Waals surface area contributed by atoms with Crippen molar-refractivity contribution in [2.45, 2.75) is 25.3 Å². The average molecular weight is 290 g/mol. The van der Waals surface area contributed by atoms with E-state index in [1.807, 2.05) is 6.92 Å². The third-order valence-corrected chi connectivity index (χ3v) is 4.04. The van der Waals surface area contributed by atoms with Crippen molar-refractivity contribution in [2.75, 3.05) is 13.2 Å². The summed E-state index contributed by atoms with van der Waals surface area (Å²) in [4.78, 5) is 27.7. The van der Waals surface area contributed by atoms with Gasteiger partial charge in [-0.3, -0.25) is 14.3 Å². The molecule has 0 atom stereocenters. The number of nitrogens with one attached hydrogen (secondary N) is 2. The van der Waals surface area contributed by atoms with E-state index in [0.717, 1.165) is 12.8 Å². The summed E-state index contributed by atoms with van der Waals surface area (Å²) in [7, 11) is 1.74. The number of H-pyrrole nitrogens is 1. The van der Waals surface area contributed by atoms with Gasteiger partial charge in [0, 0.05) is 32.0 Å². The van der Waals surface area contributed by atoms with Crippen molar-refractivity contribution in [2.24, 2.45) is 7.05 Å². The van der Waals surface area contributed by atoms with Crippen molar-refractivity contribution in [3.05, 3.63) is 28.2 Å². The molecule has 0 unspecified atom stereocenters. The molecule has 7 nitrogen and oxygen atoms in total. The van der Waals surface area contributed by atoms with Gasteiger partial charge < -0.3 is 15.0 Å². The molecule has 112 valence electrons. The van der Waals surface area contributed by atoms with E-state index < -0.39 is 0 Å². The summed E-state index contributed by atoms with van der Waals surface area (Å²) < 4.78 is 6.87. The minimum atomic E-state index is -0.355. The predicted octanol–water partition coefficient (Wildman–Crippen LogP) is 0.560. The fraction of sp³-hybridized carbons (Fsp3) is 0.500.